The molecule has 1 aliphatic rings. The van der Waals surface area contributed by atoms with Gasteiger partial charge in [0.15, 0.2) is 0 Å². The molecule has 1 aromatic heterocycles. The molecule has 3 rings (SSSR count). The van der Waals surface area contributed by atoms with Crippen LogP contribution in [-0.2, 0) is 10.2 Å². The highest BCUT2D eigenvalue weighted by molar-refractivity contribution is 7.08. The molecule has 150 valence electrons. The Kier molecular flexibility index (Phi) is 6.57. The van der Waals surface area contributed by atoms with Crippen LogP contribution in [0.5, 0.6) is 5.75 Å². The molecule has 1 fully saturated rings. The third kappa shape index (κ3) is 4.47. The van der Waals surface area contributed by atoms with Crippen LogP contribution in [0.15, 0.2) is 41.1 Å². The highest BCUT2D eigenvalue weighted by Crippen LogP contribution is 2.41. The zero-order chi connectivity index (χ0) is 20.0. The normalized spacial score (nSPS) is 21.6. The Morgan fingerprint density at radius 1 is 1.21 bits per heavy atom. The molecule has 0 radical (unpaired) electrons. The van der Waals surface area contributed by atoms with Gasteiger partial charge < -0.3 is 20.1 Å². The molecule has 0 spiro atoms. The predicted octanol–water partition coefficient (Wildman–Crippen LogP) is 3.72. The molecule has 0 bridgehead atoms. The van der Waals surface area contributed by atoms with Crippen molar-refractivity contribution in [3.05, 3.63) is 52.2 Å². The fraction of sp³-hybridized carbons (Fsp3) is 0.429. The first-order valence-corrected chi connectivity index (χ1v) is 10.3. The summed E-state index contributed by atoms with van der Waals surface area (Å²) in [6.07, 6.45) is 2.76. The molecule has 0 unspecified atom stereocenters. The number of carbonyl (C=O) groups is 2. The van der Waals surface area contributed by atoms with Gasteiger partial charge in [-0.05, 0) is 60.2 Å². The summed E-state index contributed by atoms with van der Waals surface area (Å²) in [5.74, 6) is 0.419. The molecule has 2 N–H and O–H groups in total. The van der Waals surface area contributed by atoms with Crippen molar-refractivity contribution in [3.63, 3.8) is 0 Å². The lowest BCUT2D eigenvalue weighted by atomic mass is 9.69. The summed E-state index contributed by atoms with van der Waals surface area (Å²) < 4.78 is 10.7. The molecule has 28 heavy (non-hydrogen) atoms. The second-order valence-corrected chi connectivity index (χ2v) is 7.81. The fourth-order valence-electron chi connectivity index (χ4n) is 3.78. The summed E-state index contributed by atoms with van der Waals surface area (Å²) in [5.41, 5.74) is 1.61. The second kappa shape index (κ2) is 9.10. The minimum absolute atomic E-state index is 0.0865. The molecule has 1 aromatic carbocycles. The lowest BCUT2D eigenvalue weighted by molar-refractivity contribution is 0.0577. The lowest BCUT2D eigenvalue weighted by Crippen LogP contribution is -2.44. The number of rotatable bonds is 6. The highest BCUT2D eigenvalue weighted by Gasteiger charge is 2.38. The number of nitrogens with one attached hydrogen (secondary N) is 2. The largest absolute Gasteiger partial charge is 0.496 e. The minimum Gasteiger partial charge on any atom is -0.496 e. The first-order valence-electron chi connectivity index (χ1n) is 9.40. The lowest BCUT2D eigenvalue weighted by Gasteiger charge is -2.40. The van der Waals surface area contributed by atoms with Gasteiger partial charge in [-0.15, -0.1) is 0 Å². The number of alkyl carbamates (subject to hydrolysis) is 1. The van der Waals surface area contributed by atoms with Crippen LogP contribution in [0.1, 0.15) is 41.6 Å². The zero-order valence-corrected chi connectivity index (χ0v) is 17.0. The molecule has 0 aliphatic heterocycles. The Hall–Kier alpha value is -2.54. The van der Waals surface area contributed by atoms with Gasteiger partial charge in [0.2, 0.25) is 0 Å². The maximum Gasteiger partial charge on any atom is 0.407 e. The van der Waals surface area contributed by atoms with E-state index in [4.69, 9.17) is 9.47 Å². The van der Waals surface area contributed by atoms with Crippen LogP contribution >= 0.6 is 11.3 Å². The van der Waals surface area contributed by atoms with Crippen molar-refractivity contribution in [1.82, 2.24) is 10.6 Å². The third-order valence-corrected chi connectivity index (χ3v) is 6.12. The molecule has 7 heteroatoms. The molecular weight excluding hydrogens is 376 g/mol. The molecule has 0 saturated heterocycles. The monoisotopic (exact) mass is 402 g/mol. The van der Waals surface area contributed by atoms with Gasteiger partial charge in [0.25, 0.3) is 5.91 Å². The smallest absolute Gasteiger partial charge is 0.407 e. The summed E-state index contributed by atoms with van der Waals surface area (Å²) in [5, 5.41) is 9.82. The molecule has 1 heterocycles. The number of thiophene rings is 1. The fourth-order valence-corrected chi connectivity index (χ4v) is 4.56. The number of ether oxygens (including phenoxy) is 2. The molecule has 2 amide bonds. The van der Waals surface area contributed by atoms with Crippen molar-refractivity contribution in [1.29, 1.82) is 0 Å². The quantitative estimate of drug-likeness (QED) is 0.772. The number of amides is 2. The Morgan fingerprint density at radius 2 is 1.96 bits per heavy atom. The van der Waals surface area contributed by atoms with E-state index in [1.54, 1.807) is 37.6 Å². The van der Waals surface area contributed by atoms with Crippen LogP contribution in [-0.4, -0.2) is 38.8 Å². The van der Waals surface area contributed by atoms with Crippen LogP contribution in [0.2, 0.25) is 0 Å². The van der Waals surface area contributed by atoms with E-state index in [2.05, 4.69) is 27.5 Å². The van der Waals surface area contributed by atoms with Gasteiger partial charge in [-0.3, -0.25) is 4.79 Å². The second-order valence-electron chi connectivity index (χ2n) is 7.03. The average molecular weight is 403 g/mol. The van der Waals surface area contributed by atoms with E-state index in [0.29, 0.717) is 17.9 Å². The number of methoxy groups -OCH3 is 1. The predicted molar refractivity (Wildman–Crippen MR) is 109 cm³/mol. The Bertz CT molecular complexity index is 798. The van der Waals surface area contributed by atoms with E-state index in [1.807, 2.05) is 12.1 Å². The topological polar surface area (TPSA) is 76.7 Å². The van der Waals surface area contributed by atoms with E-state index in [0.717, 1.165) is 25.7 Å². The number of hydrogen-bond acceptors (Lipinski definition) is 5. The highest BCUT2D eigenvalue weighted by atomic mass is 32.1. The first-order chi connectivity index (χ1) is 13.6. The van der Waals surface area contributed by atoms with Gasteiger partial charge in [-0.1, -0.05) is 12.1 Å². The van der Waals surface area contributed by atoms with Crippen LogP contribution in [0.4, 0.5) is 4.79 Å². The van der Waals surface area contributed by atoms with Crippen molar-refractivity contribution < 1.29 is 19.1 Å². The van der Waals surface area contributed by atoms with Gasteiger partial charge in [0, 0.05) is 19.0 Å². The number of para-hydroxylation sites is 1. The average Bonchev–Trinajstić information content (AvgIpc) is 3.28. The van der Waals surface area contributed by atoms with Gasteiger partial charge in [-0.2, -0.15) is 11.3 Å². The van der Waals surface area contributed by atoms with E-state index >= 15 is 0 Å². The Morgan fingerprint density at radius 3 is 2.61 bits per heavy atom. The molecular formula is C21H26N2O4S. The number of carbonyl (C=O) groups excluding carboxylic acids is 2. The van der Waals surface area contributed by atoms with Crippen molar-refractivity contribution in [2.24, 2.45) is 0 Å². The SMILES string of the molecule is CNC(=O)OC1CCC(CNC(=O)c2ccccc2OC)(c2ccsc2)CC1. The maximum absolute atomic E-state index is 12.8. The van der Waals surface area contributed by atoms with Crippen LogP contribution in [0, 0.1) is 0 Å². The molecule has 0 atom stereocenters. The van der Waals surface area contributed by atoms with E-state index in [9.17, 15) is 9.59 Å². The van der Waals surface area contributed by atoms with E-state index in [-0.39, 0.29) is 17.4 Å². The van der Waals surface area contributed by atoms with Gasteiger partial charge in [-0.25, -0.2) is 4.79 Å². The van der Waals surface area contributed by atoms with Crippen molar-refractivity contribution in [2.45, 2.75) is 37.2 Å². The van der Waals surface area contributed by atoms with Crippen molar-refractivity contribution >= 4 is 23.3 Å². The van der Waals surface area contributed by atoms with E-state index in [1.165, 1.54) is 5.56 Å². The van der Waals surface area contributed by atoms with E-state index < -0.39 is 6.09 Å². The summed E-state index contributed by atoms with van der Waals surface area (Å²) in [7, 11) is 3.13. The van der Waals surface area contributed by atoms with Crippen molar-refractivity contribution in [2.75, 3.05) is 20.7 Å². The van der Waals surface area contributed by atoms with Crippen LogP contribution < -0.4 is 15.4 Å². The van der Waals surface area contributed by atoms with Crippen molar-refractivity contribution in [3.8, 4) is 5.75 Å². The summed E-state index contributed by atoms with van der Waals surface area (Å²) >= 11 is 1.66. The molecule has 6 nitrogen and oxygen atoms in total. The summed E-state index contributed by atoms with van der Waals surface area (Å²) in [6, 6.07) is 9.34. The first kappa shape index (κ1) is 20.2. The van der Waals surface area contributed by atoms with Gasteiger partial charge in [0.1, 0.15) is 11.9 Å². The molecule has 1 aliphatic carbocycles. The molecule has 2 aromatic rings. The standard InChI is InChI=1S/C21H26N2O4S/c1-22-20(25)27-16-7-10-21(11-8-16,15-9-12-28-13-15)14-23-19(24)17-5-3-4-6-18(17)26-2/h3-6,9,12-13,16H,7-8,10-11,14H2,1-2H3,(H,22,25)(H,23,24). The molecule has 1 saturated carbocycles. The number of hydrogen-bond donors (Lipinski definition) is 2. The van der Waals surface area contributed by atoms with Gasteiger partial charge in [0.05, 0.1) is 12.7 Å². The summed E-state index contributed by atoms with van der Waals surface area (Å²) in [6.45, 7) is 0.535. The Balaban J connectivity index is 1.70. The number of benzene rings is 1. The summed E-state index contributed by atoms with van der Waals surface area (Å²) in [4.78, 5) is 24.3. The Labute approximate surface area is 169 Å². The van der Waals surface area contributed by atoms with Gasteiger partial charge >= 0.3 is 6.09 Å². The van der Waals surface area contributed by atoms with Crippen LogP contribution in [0.3, 0.4) is 0 Å². The third-order valence-electron chi connectivity index (χ3n) is 5.44. The zero-order valence-electron chi connectivity index (χ0n) is 16.2. The van der Waals surface area contributed by atoms with Crippen LogP contribution in [0.25, 0.3) is 0 Å². The minimum atomic E-state index is -0.391. The maximum atomic E-state index is 12.8.